The molecular weight excluding hydrogens is 879 g/mol. The molecule has 10 rings (SSSR count). The molecule has 10 aromatic rings. The van der Waals surface area contributed by atoms with Crippen molar-refractivity contribution < 1.29 is 28.9 Å². The first-order valence-electron chi connectivity index (χ1n) is 19.2. The second kappa shape index (κ2) is 15.8. The van der Waals surface area contributed by atoms with E-state index in [4.69, 9.17) is 13.8 Å². The topological polar surface area (TPSA) is 57.0 Å². The minimum atomic E-state index is 0. The van der Waals surface area contributed by atoms with Crippen LogP contribution in [0.3, 0.4) is 0 Å². The average Bonchev–Trinajstić information content (AvgIpc) is 3.92. The zero-order valence-corrected chi connectivity index (χ0v) is 34.9. The van der Waals surface area contributed by atoms with E-state index in [0.29, 0.717) is 17.4 Å². The number of aryl methyl sites for hydroxylation is 1. The van der Waals surface area contributed by atoms with Crippen molar-refractivity contribution in [1.82, 2.24) is 14.5 Å². The van der Waals surface area contributed by atoms with E-state index in [1.165, 1.54) is 16.8 Å². The van der Waals surface area contributed by atoms with E-state index >= 15 is 0 Å². The van der Waals surface area contributed by atoms with Crippen molar-refractivity contribution in [2.45, 2.75) is 46.5 Å². The second-order valence-electron chi connectivity index (χ2n) is 14.8. The van der Waals surface area contributed by atoms with Crippen LogP contribution < -0.4 is 0 Å². The summed E-state index contributed by atoms with van der Waals surface area (Å²) in [5.41, 5.74) is 12.9. The fourth-order valence-corrected chi connectivity index (χ4v) is 7.83. The molecule has 0 aliphatic heterocycles. The van der Waals surface area contributed by atoms with E-state index in [2.05, 4.69) is 117 Å². The Labute approximate surface area is 346 Å². The van der Waals surface area contributed by atoms with Gasteiger partial charge in [0.1, 0.15) is 11.3 Å². The zero-order chi connectivity index (χ0) is 38.3. The van der Waals surface area contributed by atoms with Crippen LogP contribution in [-0.2, 0) is 20.1 Å². The maximum Gasteiger partial charge on any atom is 0.126 e. The molecule has 0 spiro atoms. The monoisotopic (exact) mass is 920 g/mol. The van der Waals surface area contributed by atoms with Crippen LogP contribution in [0.15, 0.2) is 155 Å². The predicted molar refractivity (Wildman–Crippen MR) is 229 cm³/mol. The minimum Gasteiger partial charge on any atom is -0.501 e. The van der Waals surface area contributed by atoms with E-state index in [1.54, 1.807) is 6.20 Å². The van der Waals surface area contributed by atoms with Gasteiger partial charge in [0.05, 0.1) is 28.0 Å². The van der Waals surface area contributed by atoms with Crippen LogP contribution in [0.2, 0.25) is 0 Å². The van der Waals surface area contributed by atoms with Gasteiger partial charge in [-0.3, -0.25) is 4.98 Å². The van der Waals surface area contributed by atoms with E-state index in [9.17, 15) is 0 Å². The summed E-state index contributed by atoms with van der Waals surface area (Å²) in [5.74, 6) is 2.27. The summed E-state index contributed by atoms with van der Waals surface area (Å²) >= 11 is 0. The van der Waals surface area contributed by atoms with Crippen LogP contribution in [0.5, 0.6) is 0 Å². The van der Waals surface area contributed by atoms with E-state index in [0.717, 1.165) is 77.9 Å². The molecule has 0 aliphatic carbocycles. The molecule has 0 bridgehead atoms. The van der Waals surface area contributed by atoms with Crippen molar-refractivity contribution in [1.29, 1.82) is 0 Å². The summed E-state index contributed by atoms with van der Waals surface area (Å²) in [5, 5.41) is 3.12. The van der Waals surface area contributed by atoms with Crippen molar-refractivity contribution in [3.05, 3.63) is 175 Å². The molecule has 6 heteroatoms. The Hall–Kier alpha value is -6.07. The van der Waals surface area contributed by atoms with Crippen LogP contribution in [-0.4, -0.2) is 14.5 Å². The van der Waals surface area contributed by atoms with E-state index in [-0.39, 0.29) is 20.1 Å². The van der Waals surface area contributed by atoms with Crippen molar-refractivity contribution in [2.75, 3.05) is 0 Å². The minimum absolute atomic E-state index is 0. The molecule has 0 unspecified atom stereocenters. The number of benzene rings is 6. The Morgan fingerprint density at radius 2 is 1.37 bits per heavy atom. The van der Waals surface area contributed by atoms with Crippen molar-refractivity contribution in [2.24, 2.45) is 0 Å². The Kier molecular flexibility index (Phi) is 10.5. The SMILES string of the molecule is Cc1c(-c2ccccc2)oc2[c-]c(-c3nc4ccccc4n3-c3c(C(C)C)cccc3C(C)C)c3oc4ccccc4c3c12.[Ir].[c-]1ccccc1-c1ccccn1. The normalized spacial score (nSPS) is 11.4. The van der Waals surface area contributed by atoms with Gasteiger partial charge in [0.15, 0.2) is 0 Å². The zero-order valence-electron chi connectivity index (χ0n) is 32.5. The third kappa shape index (κ3) is 6.79. The Balaban J connectivity index is 0.000000300. The van der Waals surface area contributed by atoms with Gasteiger partial charge in [-0.2, -0.15) is 0 Å². The molecular formula is C51H41IrN3O2-2. The quantitative estimate of drug-likeness (QED) is 0.156. The average molecular weight is 920 g/mol. The molecule has 57 heavy (non-hydrogen) atoms. The maximum atomic E-state index is 6.73. The Morgan fingerprint density at radius 1 is 0.667 bits per heavy atom. The molecule has 0 N–H and O–H groups in total. The molecule has 1 radical (unpaired) electrons. The molecule has 0 saturated carbocycles. The van der Waals surface area contributed by atoms with Crippen LogP contribution in [0.1, 0.15) is 56.2 Å². The molecule has 4 heterocycles. The fraction of sp³-hybridized carbons (Fsp3) is 0.137. The van der Waals surface area contributed by atoms with Crippen molar-refractivity contribution in [3.8, 4) is 39.7 Å². The van der Waals surface area contributed by atoms with Crippen molar-refractivity contribution >= 4 is 43.9 Å². The number of nitrogens with zero attached hydrogens (tertiary/aromatic N) is 3. The second-order valence-corrected chi connectivity index (χ2v) is 14.8. The predicted octanol–water partition coefficient (Wildman–Crippen LogP) is 13.9. The van der Waals surface area contributed by atoms with Crippen LogP contribution in [0, 0.1) is 19.1 Å². The number of hydrogen-bond donors (Lipinski definition) is 0. The van der Waals surface area contributed by atoms with Crippen LogP contribution >= 0.6 is 0 Å². The molecule has 0 aliphatic rings. The van der Waals surface area contributed by atoms with Gasteiger partial charge in [0.2, 0.25) is 0 Å². The van der Waals surface area contributed by atoms with Gasteiger partial charge >= 0.3 is 0 Å². The first kappa shape index (κ1) is 37.8. The molecule has 0 saturated heterocycles. The Bertz CT molecular complexity index is 2910. The van der Waals surface area contributed by atoms with Gasteiger partial charge in [-0.05, 0) is 76.2 Å². The molecule has 283 valence electrons. The first-order valence-corrected chi connectivity index (χ1v) is 19.2. The van der Waals surface area contributed by atoms with Crippen LogP contribution in [0.25, 0.3) is 83.6 Å². The fourth-order valence-electron chi connectivity index (χ4n) is 7.83. The third-order valence-corrected chi connectivity index (χ3v) is 10.5. The number of para-hydroxylation sites is 4. The van der Waals surface area contributed by atoms with Crippen molar-refractivity contribution in [3.63, 3.8) is 0 Å². The molecule has 6 aromatic carbocycles. The van der Waals surface area contributed by atoms with Gasteiger partial charge in [-0.1, -0.05) is 130 Å². The number of hydrogen-bond acceptors (Lipinski definition) is 4. The van der Waals surface area contributed by atoms with Gasteiger partial charge in [-0.15, -0.1) is 35.9 Å². The summed E-state index contributed by atoms with van der Waals surface area (Å²) in [7, 11) is 0. The van der Waals surface area contributed by atoms with Gasteiger partial charge in [-0.25, -0.2) is 0 Å². The van der Waals surface area contributed by atoms with Gasteiger partial charge in [0.25, 0.3) is 0 Å². The smallest absolute Gasteiger partial charge is 0.126 e. The van der Waals surface area contributed by atoms with Gasteiger partial charge in [0, 0.05) is 42.9 Å². The summed E-state index contributed by atoms with van der Waals surface area (Å²) < 4.78 is 15.7. The molecule has 0 amide bonds. The van der Waals surface area contributed by atoms with Gasteiger partial charge < -0.3 is 18.4 Å². The maximum absolute atomic E-state index is 6.73. The number of furan rings is 2. The third-order valence-electron chi connectivity index (χ3n) is 10.5. The summed E-state index contributed by atoms with van der Waals surface area (Å²) in [6.45, 7) is 11.2. The van der Waals surface area contributed by atoms with Crippen LogP contribution in [0.4, 0.5) is 0 Å². The summed E-state index contributed by atoms with van der Waals surface area (Å²) in [6, 6.07) is 54.1. The molecule has 0 fully saturated rings. The first-order chi connectivity index (χ1) is 27.4. The summed E-state index contributed by atoms with van der Waals surface area (Å²) in [6.07, 6.45) is 1.79. The largest absolute Gasteiger partial charge is 0.501 e. The number of imidazole rings is 1. The Morgan fingerprint density at radius 3 is 2.09 bits per heavy atom. The van der Waals surface area contributed by atoms with E-state index in [1.807, 2.05) is 78.9 Å². The molecule has 4 aromatic heterocycles. The molecule has 5 nitrogen and oxygen atoms in total. The number of aromatic nitrogens is 3. The van der Waals surface area contributed by atoms with E-state index < -0.39 is 0 Å². The number of pyridine rings is 1. The summed E-state index contributed by atoms with van der Waals surface area (Å²) in [4.78, 5) is 9.52. The number of fused-ring (bicyclic) bond motifs is 6. The standard InChI is InChI=1S/C40H33N2O2.C11H8N.Ir/c1-23(2)27-17-13-18-28(24(3)4)37(27)42-32-20-11-10-19-31(32)41-40(42)30-22-34-35(25(5)38(44-34)26-14-7-6-8-15-26)36-29-16-9-12-21-33(29)43-39(30)36;1-2-6-10(7-3-1)11-8-4-5-9-12-11;/h6-21,23-24H,1-5H3;1-6,8-9H;/q2*-1;. The number of rotatable bonds is 6. The molecule has 0 atom stereocenters.